The molecule has 0 spiro atoms. The number of nitrogens with one attached hydrogen (secondary N) is 1. The molecule has 3 N–H and O–H groups in total. The fourth-order valence-electron chi connectivity index (χ4n) is 3.38. The summed E-state index contributed by atoms with van der Waals surface area (Å²) >= 11 is 5.88. The Bertz CT molecular complexity index is 771. The summed E-state index contributed by atoms with van der Waals surface area (Å²) in [5.74, 6) is 0.801. The number of methoxy groups -OCH3 is 1. The maximum absolute atomic E-state index is 13.6. The second-order valence-electron chi connectivity index (χ2n) is 6.55. The molecule has 3 rings (SSSR count). The highest BCUT2D eigenvalue weighted by atomic mass is 35.5. The minimum atomic E-state index is -0.324. The number of benzene rings is 2. The summed E-state index contributed by atoms with van der Waals surface area (Å²) in [6, 6.07) is 12.7. The lowest BCUT2D eigenvalue weighted by molar-refractivity contribution is 0.378. The molecule has 2 aromatic rings. The van der Waals surface area contributed by atoms with E-state index >= 15 is 0 Å². The minimum Gasteiger partial charge on any atom is -0.494 e. The van der Waals surface area contributed by atoms with Gasteiger partial charge in [0.15, 0.2) is 17.5 Å². The Balaban J connectivity index is 1.57. The molecule has 0 bridgehead atoms. The lowest BCUT2D eigenvalue weighted by Gasteiger charge is -2.27. The van der Waals surface area contributed by atoms with Crippen LogP contribution in [-0.2, 0) is 0 Å². The van der Waals surface area contributed by atoms with Gasteiger partial charge in [-0.1, -0.05) is 17.7 Å². The first-order chi connectivity index (χ1) is 12.5. The van der Waals surface area contributed by atoms with Gasteiger partial charge in [0, 0.05) is 10.7 Å². The molecule has 0 heterocycles. The van der Waals surface area contributed by atoms with Crippen LogP contribution >= 0.6 is 11.6 Å². The van der Waals surface area contributed by atoms with Crippen molar-refractivity contribution in [2.24, 2.45) is 10.7 Å². The predicted molar refractivity (Wildman–Crippen MR) is 105 cm³/mol. The van der Waals surface area contributed by atoms with Crippen molar-refractivity contribution in [3.8, 4) is 5.75 Å². The lowest BCUT2D eigenvalue weighted by atomic mass is 9.82. The van der Waals surface area contributed by atoms with E-state index in [0.717, 1.165) is 36.9 Å². The molecule has 2 aromatic carbocycles. The summed E-state index contributed by atoms with van der Waals surface area (Å²) in [4.78, 5) is 4.60. The zero-order valence-electron chi connectivity index (χ0n) is 14.7. The van der Waals surface area contributed by atoms with Crippen LogP contribution in [0, 0.1) is 5.82 Å². The van der Waals surface area contributed by atoms with Gasteiger partial charge in [0.05, 0.1) is 13.2 Å². The molecular formula is C20H23ClFN3O. The third-order valence-electron chi connectivity index (χ3n) is 4.78. The molecule has 0 amide bonds. The zero-order valence-corrected chi connectivity index (χ0v) is 15.5. The van der Waals surface area contributed by atoms with Crippen molar-refractivity contribution in [3.63, 3.8) is 0 Å². The van der Waals surface area contributed by atoms with Crippen LogP contribution < -0.4 is 15.8 Å². The Morgan fingerprint density at radius 2 is 1.85 bits per heavy atom. The largest absolute Gasteiger partial charge is 0.494 e. The van der Waals surface area contributed by atoms with Gasteiger partial charge in [-0.3, -0.25) is 0 Å². The smallest absolute Gasteiger partial charge is 0.193 e. The molecular weight excluding hydrogens is 353 g/mol. The van der Waals surface area contributed by atoms with Crippen molar-refractivity contribution in [2.45, 2.75) is 37.6 Å². The summed E-state index contributed by atoms with van der Waals surface area (Å²) in [6.07, 6.45) is 3.90. The highest BCUT2D eigenvalue weighted by molar-refractivity contribution is 6.30. The van der Waals surface area contributed by atoms with E-state index in [-0.39, 0.29) is 11.9 Å². The van der Waals surface area contributed by atoms with Crippen LogP contribution in [0.5, 0.6) is 5.75 Å². The average molecular weight is 376 g/mol. The van der Waals surface area contributed by atoms with E-state index < -0.39 is 0 Å². The van der Waals surface area contributed by atoms with Gasteiger partial charge in [-0.05, 0) is 73.6 Å². The van der Waals surface area contributed by atoms with Gasteiger partial charge in [-0.25, -0.2) is 9.38 Å². The maximum atomic E-state index is 13.6. The van der Waals surface area contributed by atoms with E-state index in [1.54, 1.807) is 18.2 Å². The predicted octanol–water partition coefficient (Wildman–Crippen LogP) is 4.94. The summed E-state index contributed by atoms with van der Waals surface area (Å²) in [5, 5.41) is 3.77. The van der Waals surface area contributed by atoms with Gasteiger partial charge >= 0.3 is 0 Å². The second-order valence-corrected chi connectivity index (χ2v) is 6.98. The Morgan fingerprint density at radius 3 is 2.50 bits per heavy atom. The van der Waals surface area contributed by atoms with Crippen LogP contribution in [-0.4, -0.2) is 19.1 Å². The van der Waals surface area contributed by atoms with Gasteiger partial charge in [0.1, 0.15) is 0 Å². The summed E-state index contributed by atoms with van der Waals surface area (Å²) in [7, 11) is 1.49. The van der Waals surface area contributed by atoms with E-state index in [1.165, 1.54) is 13.2 Å². The number of rotatable bonds is 4. The van der Waals surface area contributed by atoms with Gasteiger partial charge in [0.2, 0.25) is 0 Å². The van der Waals surface area contributed by atoms with Gasteiger partial charge in [-0.15, -0.1) is 0 Å². The number of nitrogens with two attached hydrogens (primary N) is 1. The Kier molecular flexibility index (Phi) is 5.99. The highest BCUT2D eigenvalue weighted by Crippen LogP contribution is 2.35. The lowest BCUT2D eigenvalue weighted by Crippen LogP contribution is -2.26. The van der Waals surface area contributed by atoms with Gasteiger partial charge < -0.3 is 15.8 Å². The number of ether oxygens (including phenoxy) is 1. The topological polar surface area (TPSA) is 59.6 Å². The van der Waals surface area contributed by atoms with Crippen molar-refractivity contribution in [1.29, 1.82) is 0 Å². The monoisotopic (exact) mass is 375 g/mol. The molecule has 26 heavy (non-hydrogen) atoms. The van der Waals surface area contributed by atoms with Gasteiger partial charge in [-0.2, -0.15) is 0 Å². The minimum absolute atomic E-state index is 0.202. The molecule has 0 unspecified atom stereocenters. The number of hydrogen-bond acceptors (Lipinski definition) is 2. The number of guanidine groups is 1. The molecule has 1 aliphatic rings. The number of halogens is 2. The fourth-order valence-corrected chi connectivity index (χ4v) is 3.50. The van der Waals surface area contributed by atoms with Crippen molar-refractivity contribution < 1.29 is 9.13 Å². The SMILES string of the molecule is COc1cc(C2CCC(N=C(N)Nc3ccc(Cl)cc3)CC2)ccc1F. The fraction of sp³-hybridized carbons (Fsp3) is 0.350. The molecule has 0 aromatic heterocycles. The van der Waals surface area contributed by atoms with E-state index in [4.69, 9.17) is 22.1 Å². The molecule has 138 valence electrons. The van der Waals surface area contributed by atoms with Crippen LogP contribution in [0.25, 0.3) is 0 Å². The summed E-state index contributed by atoms with van der Waals surface area (Å²) in [6.45, 7) is 0. The van der Waals surface area contributed by atoms with E-state index in [0.29, 0.717) is 22.6 Å². The standard InChI is InChI=1S/C20H23ClFN3O/c1-26-19-12-14(4-11-18(19)22)13-2-7-16(8-3-13)24-20(23)25-17-9-5-15(21)6-10-17/h4-6,9-13,16H,2-3,7-8H2,1H3,(H3,23,24,25). The second kappa shape index (κ2) is 8.41. The molecule has 1 aliphatic carbocycles. The molecule has 6 heteroatoms. The quantitative estimate of drug-likeness (QED) is 0.587. The van der Waals surface area contributed by atoms with E-state index in [1.807, 2.05) is 18.2 Å². The summed E-state index contributed by atoms with van der Waals surface area (Å²) < 4.78 is 18.7. The van der Waals surface area contributed by atoms with Crippen LogP contribution in [0.1, 0.15) is 37.2 Å². The number of nitrogens with zero attached hydrogens (tertiary/aromatic N) is 1. The summed E-state index contributed by atoms with van der Waals surface area (Å²) in [5.41, 5.74) is 8.01. The number of aliphatic imine (C=N–C) groups is 1. The van der Waals surface area contributed by atoms with E-state index in [2.05, 4.69) is 10.3 Å². The molecule has 0 radical (unpaired) electrons. The average Bonchev–Trinajstić information content (AvgIpc) is 2.65. The number of hydrogen-bond donors (Lipinski definition) is 2. The molecule has 0 saturated heterocycles. The first-order valence-corrected chi connectivity index (χ1v) is 9.12. The molecule has 4 nitrogen and oxygen atoms in total. The van der Waals surface area contributed by atoms with Crippen molar-refractivity contribution in [2.75, 3.05) is 12.4 Å². The van der Waals surface area contributed by atoms with Crippen molar-refractivity contribution in [3.05, 3.63) is 58.9 Å². The Hall–Kier alpha value is -2.27. The van der Waals surface area contributed by atoms with Crippen LogP contribution in [0.2, 0.25) is 5.02 Å². The van der Waals surface area contributed by atoms with Crippen molar-refractivity contribution >= 4 is 23.2 Å². The first-order valence-electron chi connectivity index (χ1n) is 8.74. The normalized spacial score (nSPS) is 20.7. The highest BCUT2D eigenvalue weighted by Gasteiger charge is 2.23. The molecule has 1 saturated carbocycles. The Morgan fingerprint density at radius 1 is 1.15 bits per heavy atom. The molecule has 0 aliphatic heterocycles. The number of anilines is 1. The van der Waals surface area contributed by atoms with Crippen LogP contribution in [0.15, 0.2) is 47.5 Å². The van der Waals surface area contributed by atoms with Gasteiger partial charge in [0.25, 0.3) is 0 Å². The third kappa shape index (κ3) is 4.67. The first kappa shape index (κ1) is 18.5. The maximum Gasteiger partial charge on any atom is 0.193 e. The van der Waals surface area contributed by atoms with Crippen LogP contribution in [0.4, 0.5) is 10.1 Å². The Labute approximate surface area is 158 Å². The third-order valence-corrected chi connectivity index (χ3v) is 5.03. The van der Waals surface area contributed by atoms with Crippen LogP contribution in [0.3, 0.4) is 0 Å². The van der Waals surface area contributed by atoms with Crippen molar-refractivity contribution in [1.82, 2.24) is 0 Å². The molecule has 0 atom stereocenters. The zero-order chi connectivity index (χ0) is 18.5. The van der Waals surface area contributed by atoms with E-state index in [9.17, 15) is 4.39 Å². The molecule has 1 fully saturated rings.